The highest BCUT2D eigenvalue weighted by molar-refractivity contribution is 8.14. The van der Waals surface area contributed by atoms with Crippen LogP contribution >= 0.6 is 11.8 Å². The molecule has 0 bridgehead atoms. The minimum atomic E-state index is -0.897. The molecule has 8 heteroatoms. The van der Waals surface area contributed by atoms with Crippen LogP contribution in [-0.2, 0) is 4.74 Å². The SMILES string of the molecule is CN(C)C1=N[C@@H]2[C@@H](N=O)[C@H](O)[C@@H](CNC3CC3)O[C@@H]2S1. The number of fused-ring (bicyclic) bond motifs is 1. The molecular weight excluding hydrogens is 280 g/mol. The quantitative estimate of drug-likeness (QED) is 0.710. The van der Waals surface area contributed by atoms with E-state index in [2.05, 4.69) is 15.5 Å². The zero-order valence-corrected chi connectivity index (χ0v) is 12.4. The van der Waals surface area contributed by atoms with Crippen molar-refractivity contribution in [1.29, 1.82) is 0 Å². The number of nitroso groups, excluding NO2 is 1. The van der Waals surface area contributed by atoms with Gasteiger partial charge in [0.25, 0.3) is 0 Å². The highest BCUT2D eigenvalue weighted by Gasteiger charge is 2.50. The maximum atomic E-state index is 11.1. The minimum Gasteiger partial charge on any atom is -0.388 e. The average molecular weight is 300 g/mol. The molecule has 0 amide bonds. The first-order valence-electron chi connectivity index (χ1n) is 6.91. The highest BCUT2D eigenvalue weighted by Crippen LogP contribution is 2.38. The van der Waals surface area contributed by atoms with Gasteiger partial charge in [0.2, 0.25) is 0 Å². The third-order valence-electron chi connectivity index (χ3n) is 3.84. The third kappa shape index (κ3) is 2.69. The van der Waals surface area contributed by atoms with Crippen LogP contribution in [0.25, 0.3) is 0 Å². The molecule has 2 N–H and O–H groups in total. The monoisotopic (exact) mass is 300 g/mol. The molecule has 2 heterocycles. The van der Waals surface area contributed by atoms with Gasteiger partial charge in [0.15, 0.2) is 5.17 Å². The molecule has 5 atom stereocenters. The topological polar surface area (TPSA) is 86.5 Å². The van der Waals surface area contributed by atoms with Gasteiger partial charge in [-0.3, -0.25) is 4.99 Å². The van der Waals surface area contributed by atoms with Gasteiger partial charge in [-0.05, 0) is 12.8 Å². The molecule has 0 spiro atoms. The number of aliphatic imine (C=N–C) groups is 1. The Bertz CT molecular complexity index is 416. The molecule has 0 aromatic heterocycles. The van der Waals surface area contributed by atoms with Gasteiger partial charge < -0.3 is 20.1 Å². The van der Waals surface area contributed by atoms with E-state index in [9.17, 15) is 10.0 Å². The molecule has 7 nitrogen and oxygen atoms in total. The van der Waals surface area contributed by atoms with Crippen molar-refractivity contribution in [3.8, 4) is 0 Å². The smallest absolute Gasteiger partial charge is 0.161 e. The summed E-state index contributed by atoms with van der Waals surface area (Å²) in [6.07, 6.45) is 1.05. The fourth-order valence-corrected chi connectivity index (χ4v) is 3.66. The van der Waals surface area contributed by atoms with Crippen molar-refractivity contribution >= 4 is 16.9 Å². The van der Waals surface area contributed by atoms with Gasteiger partial charge >= 0.3 is 0 Å². The van der Waals surface area contributed by atoms with E-state index in [0.717, 1.165) is 5.17 Å². The van der Waals surface area contributed by atoms with E-state index < -0.39 is 18.2 Å². The van der Waals surface area contributed by atoms with Gasteiger partial charge in [-0.2, -0.15) is 4.91 Å². The molecule has 3 aliphatic rings. The van der Waals surface area contributed by atoms with Gasteiger partial charge in [-0.15, -0.1) is 0 Å². The van der Waals surface area contributed by atoms with Crippen LogP contribution in [-0.4, -0.2) is 71.6 Å². The Kier molecular flexibility index (Phi) is 3.98. The number of amidine groups is 1. The lowest BCUT2D eigenvalue weighted by Crippen LogP contribution is -2.56. The molecule has 0 aromatic carbocycles. The Hall–Kier alpha value is -0.700. The first-order chi connectivity index (χ1) is 9.60. The van der Waals surface area contributed by atoms with E-state index in [1.165, 1.54) is 24.6 Å². The summed E-state index contributed by atoms with van der Waals surface area (Å²) in [5.41, 5.74) is -0.232. The van der Waals surface area contributed by atoms with Crippen molar-refractivity contribution in [2.75, 3.05) is 20.6 Å². The number of thioether (sulfide) groups is 1. The molecule has 1 aliphatic carbocycles. The van der Waals surface area contributed by atoms with Crippen LogP contribution in [0.15, 0.2) is 10.2 Å². The summed E-state index contributed by atoms with van der Waals surface area (Å²) < 4.78 is 5.92. The lowest BCUT2D eigenvalue weighted by Gasteiger charge is -2.37. The molecule has 1 saturated heterocycles. The zero-order chi connectivity index (χ0) is 14.3. The minimum absolute atomic E-state index is 0.232. The third-order valence-corrected chi connectivity index (χ3v) is 5.14. The maximum Gasteiger partial charge on any atom is 0.161 e. The number of aliphatic hydroxyl groups is 1. The second kappa shape index (κ2) is 5.59. The Morgan fingerprint density at radius 1 is 1.55 bits per heavy atom. The number of aliphatic hydroxyl groups excluding tert-OH is 1. The molecule has 112 valence electrons. The van der Waals surface area contributed by atoms with Crippen molar-refractivity contribution in [2.45, 2.75) is 48.6 Å². The fraction of sp³-hybridized carbons (Fsp3) is 0.917. The number of rotatable bonds is 4. The van der Waals surface area contributed by atoms with Crippen LogP contribution in [0.5, 0.6) is 0 Å². The highest BCUT2D eigenvalue weighted by atomic mass is 32.2. The number of hydrogen-bond acceptors (Lipinski definition) is 8. The van der Waals surface area contributed by atoms with E-state index in [0.29, 0.717) is 12.6 Å². The summed E-state index contributed by atoms with van der Waals surface area (Å²) in [4.78, 5) is 17.5. The van der Waals surface area contributed by atoms with Gasteiger partial charge in [-0.1, -0.05) is 16.9 Å². The first-order valence-corrected chi connectivity index (χ1v) is 7.79. The van der Waals surface area contributed by atoms with Crippen LogP contribution in [0, 0.1) is 4.91 Å². The van der Waals surface area contributed by atoms with Crippen molar-refractivity contribution in [3.05, 3.63) is 4.91 Å². The predicted octanol–water partition coefficient (Wildman–Crippen LogP) is -0.00780. The number of hydrogen-bond donors (Lipinski definition) is 2. The molecule has 2 aliphatic heterocycles. The summed E-state index contributed by atoms with van der Waals surface area (Å²) in [5, 5.41) is 17.5. The Labute approximate surface area is 122 Å². The summed E-state index contributed by atoms with van der Waals surface area (Å²) in [7, 11) is 3.80. The molecule has 0 aromatic rings. The molecule has 20 heavy (non-hydrogen) atoms. The number of ether oxygens (including phenoxy) is 1. The summed E-state index contributed by atoms with van der Waals surface area (Å²) in [5.74, 6) is 0. The Morgan fingerprint density at radius 2 is 2.30 bits per heavy atom. The van der Waals surface area contributed by atoms with Crippen LogP contribution in [0.2, 0.25) is 0 Å². The van der Waals surface area contributed by atoms with Crippen LogP contribution in [0.1, 0.15) is 12.8 Å². The molecular formula is C12H20N4O3S. The summed E-state index contributed by atoms with van der Waals surface area (Å²) in [6.45, 7) is 0.554. The largest absolute Gasteiger partial charge is 0.388 e. The second-order valence-corrected chi connectivity index (χ2v) is 6.79. The zero-order valence-electron chi connectivity index (χ0n) is 11.6. The molecule has 0 unspecified atom stereocenters. The lowest BCUT2D eigenvalue weighted by atomic mass is 9.96. The normalized spacial score (nSPS) is 40.1. The standard InChI is InChI=1S/C12H20N4O3S/c1-16(2)12-14-9-8(15-18)10(17)7(19-11(9)20-12)5-13-6-3-4-6/h6-11,13,17H,3-5H2,1-2H3/t7-,8-,9-,10-,11-/m1/s1. The van der Waals surface area contributed by atoms with Crippen LogP contribution in [0.4, 0.5) is 0 Å². The van der Waals surface area contributed by atoms with Gasteiger partial charge in [0.1, 0.15) is 23.6 Å². The van der Waals surface area contributed by atoms with Gasteiger partial charge in [0, 0.05) is 26.7 Å². The van der Waals surface area contributed by atoms with Gasteiger partial charge in [0.05, 0.1) is 6.10 Å². The molecule has 1 saturated carbocycles. The summed E-state index contributed by atoms with van der Waals surface area (Å²) >= 11 is 1.49. The maximum absolute atomic E-state index is 11.1. The van der Waals surface area contributed by atoms with E-state index in [4.69, 9.17) is 4.74 Å². The van der Waals surface area contributed by atoms with Crippen molar-refractivity contribution in [2.24, 2.45) is 10.2 Å². The lowest BCUT2D eigenvalue weighted by molar-refractivity contribution is -0.101. The number of nitrogens with one attached hydrogen (secondary N) is 1. The van der Waals surface area contributed by atoms with Gasteiger partial charge in [-0.25, -0.2) is 0 Å². The Morgan fingerprint density at radius 3 is 2.90 bits per heavy atom. The average Bonchev–Trinajstić information content (AvgIpc) is 3.14. The molecule has 3 rings (SSSR count). The van der Waals surface area contributed by atoms with Crippen LogP contribution in [0.3, 0.4) is 0 Å². The van der Waals surface area contributed by atoms with Crippen LogP contribution < -0.4 is 5.32 Å². The second-order valence-electron chi connectivity index (χ2n) is 5.73. The van der Waals surface area contributed by atoms with E-state index in [-0.39, 0.29) is 11.5 Å². The van der Waals surface area contributed by atoms with Crippen molar-refractivity contribution < 1.29 is 9.84 Å². The Balaban J connectivity index is 1.69. The molecule has 0 radical (unpaired) electrons. The first kappa shape index (κ1) is 14.2. The number of nitrogens with zero attached hydrogens (tertiary/aromatic N) is 3. The summed E-state index contributed by atoms with van der Waals surface area (Å²) in [6, 6.07) is -0.581. The van der Waals surface area contributed by atoms with E-state index >= 15 is 0 Å². The fourth-order valence-electron chi connectivity index (χ4n) is 2.50. The van der Waals surface area contributed by atoms with Crippen molar-refractivity contribution in [3.63, 3.8) is 0 Å². The molecule has 2 fully saturated rings. The van der Waals surface area contributed by atoms with E-state index in [1.54, 1.807) is 0 Å². The van der Waals surface area contributed by atoms with E-state index in [1.807, 2.05) is 19.0 Å². The van der Waals surface area contributed by atoms with Crippen molar-refractivity contribution in [1.82, 2.24) is 10.2 Å². The predicted molar refractivity (Wildman–Crippen MR) is 77.8 cm³/mol.